The van der Waals surface area contributed by atoms with E-state index in [4.69, 9.17) is 11.6 Å². The largest absolute Gasteiger partial charge is 0.367 e. The molecule has 0 bridgehead atoms. The van der Waals surface area contributed by atoms with Crippen LogP contribution in [0.5, 0.6) is 0 Å². The molecule has 0 aliphatic rings. The fourth-order valence-electron chi connectivity index (χ4n) is 2.41. The Bertz CT molecular complexity index is 743. The smallest absolute Gasteiger partial charge is 0.224 e. The molecule has 1 N–H and O–H groups in total. The van der Waals surface area contributed by atoms with Crippen molar-refractivity contribution < 1.29 is 0 Å². The number of para-hydroxylation sites is 1. The summed E-state index contributed by atoms with van der Waals surface area (Å²) in [5, 5.41) is 4.69. The Balaban J connectivity index is 1.84. The Morgan fingerprint density at radius 2 is 1.71 bits per heavy atom. The van der Waals surface area contributed by atoms with Gasteiger partial charge in [0.05, 0.1) is 5.52 Å². The summed E-state index contributed by atoms with van der Waals surface area (Å²) < 4.78 is 0. The number of nitrogens with one attached hydrogen (secondary N) is 1. The molecule has 4 heteroatoms. The van der Waals surface area contributed by atoms with Crippen LogP contribution in [0.2, 0.25) is 5.28 Å². The lowest BCUT2D eigenvalue weighted by Crippen LogP contribution is -2.19. The zero-order valence-corrected chi connectivity index (χ0v) is 12.5. The third kappa shape index (κ3) is 3.31. The van der Waals surface area contributed by atoms with Gasteiger partial charge in [-0.15, -0.1) is 0 Å². The van der Waals surface area contributed by atoms with E-state index in [1.165, 1.54) is 5.56 Å². The van der Waals surface area contributed by atoms with Crippen LogP contribution in [0.3, 0.4) is 0 Å². The van der Waals surface area contributed by atoms with Crippen molar-refractivity contribution in [2.75, 3.05) is 5.32 Å². The summed E-state index contributed by atoms with van der Waals surface area (Å²) in [5.41, 5.74) is 2.15. The summed E-state index contributed by atoms with van der Waals surface area (Å²) in [7, 11) is 0. The maximum absolute atomic E-state index is 6.01. The number of hydrogen-bond acceptors (Lipinski definition) is 3. The molecule has 0 aliphatic carbocycles. The first-order valence-corrected chi connectivity index (χ1v) is 7.33. The summed E-state index contributed by atoms with van der Waals surface area (Å²) in [6.07, 6.45) is 0.927. The Hall–Kier alpha value is -2.13. The minimum atomic E-state index is 0.252. The Morgan fingerprint density at radius 1 is 1.00 bits per heavy atom. The number of aromatic nitrogens is 2. The quantitative estimate of drug-likeness (QED) is 0.729. The molecule has 3 aromatic rings. The summed E-state index contributed by atoms with van der Waals surface area (Å²) in [5.74, 6) is 0.786. The lowest BCUT2D eigenvalue weighted by Gasteiger charge is -2.16. The standard InChI is InChI=1S/C17H16ClN3/c1-12(11-13-7-3-2-4-8-13)19-16-14-9-5-6-10-15(14)20-17(18)21-16/h2-10,12H,11H2,1H3,(H,19,20,21). The van der Waals surface area contributed by atoms with Gasteiger partial charge in [-0.2, -0.15) is 0 Å². The molecule has 21 heavy (non-hydrogen) atoms. The number of hydrogen-bond donors (Lipinski definition) is 1. The lowest BCUT2D eigenvalue weighted by molar-refractivity contribution is 0.786. The van der Waals surface area contributed by atoms with E-state index in [1.807, 2.05) is 30.3 Å². The highest BCUT2D eigenvalue weighted by molar-refractivity contribution is 6.28. The van der Waals surface area contributed by atoms with Crippen LogP contribution in [0.4, 0.5) is 5.82 Å². The van der Waals surface area contributed by atoms with Crippen LogP contribution in [0.15, 0.2) is 54.6 Å². The van der Waals surface area contributed by atoms with Crippen molar-refractivity contribution >= 4 is 28.3 Å². The number of halogens is 1. The zero-order valence-electron chi connectivity index (χ0n) is 11.8. The van der Waals surface area contributed by atoms with E-state index in [1.54, 1.807) is 0 Å². The van der Waals surface area contributed by atoms with Crippen LogP contribution in [0.25, 0.3) is 10.9 Å². The van der Waals surface area contributed by atoms with Crippen molar-refractivity contribution in [3.05, 3.63) is 65.4 Å². The summed E-state index contributed by atoms with van der Waals surface area (Å²) in [4.78, 5) is 8.57. The van der Waals surface area contributed by atoms with E-state index in [0.29, 0.717) is 0 Å². The van der Waals surface area contributed by atoms with Crippen molar-refractivity contribution in [2.24, 2.45) is 0 Å². The van der Waals surface area contributed by atoms with Gasteiger partial charge >= 0.3 is 0 Å². The monoisotopic (exact) mass is 297 g/mol. The van der Waals surface area contributed by atoms with Crippen LogP contribution < -0.4 is 5.32 Å². The van der Waals surface area contributed by atoms with Crippen molar-refractivity contribution in [1.82, 2.24) is 9.97 Å². The van der Waals surface area contributed by atoms with E-state index in [9.17, 15) is 0 Å². The average molecular weight is 298 g/mol. The highest BCUT2D eigenvalue weighted by atomic mass is 35.5. The van der Waals surface area contributed by atoms with Crippen molar-refractivity contribution in [3.63, 3.8) is 0 Å². The topological polar surface area (TPSA) is 37.8 Å². The first kappa shape index (κ1) is 13.8. The highest BCUT2D eigenvalue weighted by Crippen LogP contribution is 2.22. The molecule has 0 spiro atoms. The molecule has 0 saturated heterocycles. The first-order chi connectivity index (χ1) is 10.2. The summed E-state index contributed by atoms with van der Waals surface area (Å²) >= 11 is 6.01. The van der Waals surface area contributed by atoms with E-state index in [-0.39, 0.29) is 11.3 Å². The maximum atomic E-state index is 6.01. The van der Waals surface area contributed by atoms with Crippen molar-refractivity contribution in [2.45, 2.75) is 19.4 Å². The van der Waals surface area contributed by atoms with E-state index in [2.05, 4.69) is 46.5 Å². The fraction of sp³-hybridized carbons (Fsp3) is 0.176. The fourth-order valence-corrected chi connectivity index (χ4v) is 2.59. The van der Waals surface area contributed by atoms with Crippen LogP contribution in [-0.4, -0.2) is 16.0 Å². The van der Waals surface area contributed by atoms with Gasteiger partial charge in [-0.1, -0.05) is 42.5 Å². The number of nitrogens with zero attached hydrogens (tertiary/aromatic N) is 2. The Labute approximate surface area is 129 Å². The second-order valence-electron chi connectivity index (χ2n) is 5.09. The van der Waals surface area contributed by atoms with Gasteiger partial charge in [0.1, 0.15) is 5.82 Å². The molecule has 1 heterocycles. The second-order valence-corrected chi connectivity index (χ2v) is 5.43. The van der Waals surface area contributed by atoms with Gasteiger partial charge in [0.25, 0.3) is 0 Å². The van der Waals surface area contributed by atoms with Gasteiger partial charge in [0.2, 0.25) is 5.28 Å². The third-order valence-electron chi connectivity index (χ3n) is 3.34. The van der Waals surface area contributed by atoms with Gasteiger partial charge in [0.15, 0.2) is 0 Å². The van der Waals surface area contributed by atoms with Gasteiger partial charge in [0, 0.05) is 11.4 Å². The molecule has 3 nitrogen and oxygen atoms in total. The molecule has 3 rings (SSSR count). The van der Waals surface area contributed by atoms with Crippen LogP contribution in [0, 0.1) is 0 Å². The molecule has 0 amide bonds. The van der Waals surface area contributed by atoms with Gasteiger partial charge in [-0.3, -0.25) is 0 Å². The van der Waals surface area contributed by atoms with Crippen LogP contribution in [0.1, 0.15) is 12.5 Å². The normalized spacial score (nSPS) is 12.3. The molecule has 0 fully saturated rings. The molecule has 2 aromatic carbocycles. The summed E-state index contributed by atoms with van der Waals surface area (Å²) in [6, 6.07) is 18.5. The van der Waals surface area contributed by atoms with Gasteiger partial charge < -0.3 is 5.32 Å². The number of anilines is 1. The van der Waals surface area contributed by atoms with Crippen LogP contribution >= 0.6 is 11.6 Å². The van der Waals surface area contributed by atoms with Gasteiger partial charge in [-0.25, -0.2) is 9.97 Å². The molecule has 0 radical (unpaired) electrons. The van der Waals surface area contributed by atoms with E-state index in [0.717, 1.165) is 23.1 Å². The third-order valence-corrected chi connectivity index (χ3v) is 3.51. The molecular formula is C17H16ClN3. The molecule has 1 unspecified atom stereocenters. The first-order valence-electron chi connectivity index (χ1n) is 6.95. The van der Waals surface area contributed by atoms with Crippen LogP contribution in [-0.2, 0) is 6.42 Å². The maximum Gasteiger partial charge on any atom is 0.224 e. The minimum Gasteiger partial charge on any atom is -0.367 e. The Morgan fingerprint density at radius 3 is 2.52 bits per heavy atom. The highest BCUT2D eigenvalue weighted by Gasteiger charge is 2.09. The lowest BCUT2D eigenvalue weighted by atomic mass is 10.1. The van der Waals surface area contributed by atoms with Crippen molar-refractivity contribution in [1.29, 1.82) is 0 Å². The number of rotatable bonds is 4. The molecule has 0 aliphatic heterocycles. The Kier molecular flexibility index (Phi) is 4.02. The van der Waals surface area contributed by atoms with Crippen molar-refractivity contribution in [3.8, 4) is 0 Å². The molecule has 1 atom stereocenters. The molecule has 0 saturated carbocycles. The molecular weight excluding hydrogens is 282 g/mol. The van der Waals surface area contributed by atoms with E-state index >= 15 is 0 Å². The predicted molar refractivity (Wildman–Crippen MR) is 87.8 cm³/mol. The SMILES string of the molecule is CC(Cc1ccccc1)Nc1nc(Cl)nc2ccccc12. The predicted octanol–water partition coefficient (Wildman–Crippen LogP) is 4.33. The summed E-state index contributed by atoms with van der Waals surface area (Å²) in [6.45, 7) is 2.14. The molecule has 1 aromatic heterocycles. The average Bonchev–Trinajstić information content (AvgIpc) is 2.48. The minimum absolute atomic E-state index is 0.252. The zero-order chi connectivity index (χ0) is 14.7. The number of benzene rings is 2. The number of fused-ring (bicyclic) bond motifs is 1. The van der Waals surface area contributed by atoms with Gasteiger partial charge in [-0.05, 0) is 42.6 Å². The molecule has 106 valence electrons. The van der Waals surface area contributed by atoms with E-state index < -0.39 is 0 Å². The second kappa shape index (κ2) is 6.10.